The first kappa shape index (κ1) is 17.1. The molecular formula is C18H20N4O3S. The molecule has 0 aliphatic carbocycles. The summed E-state index contributed by atoms with van der Waals surface area (Å²) in [4.78, 5) is 22.2. The second-order valence-electron chi connectivity index (χ2n) is 6.27. The Kier molecular flexibility index (Phi) is 4.96. The minimum atomic E-state index is -0.201. The van der Waals surface area contributed by atoms with Crippen molar-refractivity contribution in [1.29, 1.82) is 0 Å². The lowest BCUT2D eigenvalue weighted by Gasteiger charge is -2.32. The number of nitrogens with one attached hydrogen (secondary N) is 1. The molecule has 7 nitrogen and oxygen atoms in total. The van der Waals surface area contributed by atoms with Crippen molar-refractivity contribution in [3.8, 4) is 0 Å². The average Bonchev–Trinajstić information content (AvgIpc) is 3.20. The Balaban J connectivity index is 1.43. The fourth-order valence-corrected chi connectivity index (χ4v) is 3.92. The summed E-state index contributed by atoms with van der Waals surface area (Å²) in [5.74, 6) is -0.119. The van der Waals surface area contributed by atoms with Gasteiger partial charge in [0.15, 0.2) is 4.96 Å². The molecule has 26 heavy (non-hydrogen) atoms. The number of ether oxygens (including phenoxy) is 2. The number of nitrogens with zero attached hydrogens (tertiary/aromatic N) is 3. The van der Waals surface area contributed by atoms with E-state index in [9.17, 15) is 4.79 Å². The van der Waals surface area contributed by atoms with Crippen molar-refractivity contribution in [3.63, 3.8) is 0 Å². The molecule has 0 aromatic carbocycles. The van der Waals surface area contributed by atoms with Gasteiger partial charge in [-0.3, -0.25) is 14.2 Å². The van der Waals surface area contributed by atoms with Crippen molar-refractivity contribution < 1.29 is 14.3 Å². The maximum Gasteiger partial charge on any atom is 0.269 e. The molecule has 2 atom stereocenters. The maximum absolute atomic E-state index is 12.8. The average molecular weight is 372 g/mol. The van der Waals surface area contributed by atoms with Crippen LogP contribution >= 0.6 is 11.3 Å². The molecule has 1 amide bonds. The van der Waals surface area contributed by atoms with Crippen LogP contribution in [0.25, 0.3) is 4.96 Å². The Hall–Kier alpha value is -2.29. The van der Waals surface area contributed by atoms with Gasteiger partial charge >= 0.3 is 0 Å². The summed E-state index contributed by atoms with van der Waals surface area (Å²) >= 11 is 1.46. The third-order valence-electron chi connectivity index (χ3n) is 4.35. The number of fused-ring (bicyclic) bond motifs is 1. The fourth-order valence-electron chi connectivity index (χ4n) is 3.02. The van der Waals surface area contributed by atoms with Crippen LogP contribution in [0, 0.1) is 6.92 Å². The zero-order valence-corrected chi connectivity index (χ0v) is 15.2. The number of aryl methyl sites for hydroxylation is 1. The highest BCUT2D eigenvalue weighted by atomic mass is 32.1. The number of amides is 1. The van der Waals surface area contributed by atoms with Gasteiger partial charge in [0.25, 0.3) is 5.91 Å². The smallest absolute Gasteiger partial charge is 0.269 e. The Morgan fingerprint density at radius 2 is 2.42 bits per heavy atom. The van der Waals surface area contributed by atoms with Gasteiger partial charge in [-0.15, -0.1) is 11.3 Å². The molecule has 0 bridgehead atoms. The van der Waals surface area contributed by atoms with Gasteiger partial charge < -0.3 is 14.8 Å². The van der Waals surface area contributed by atoms with Crippen LogP contribution < -0.4 is 5.32 Å². The van der Waals surface area contributed by atoms with Gasteiger partial charge in [0.2, 0.25) is 0 Å². The van der Waals surface area contributed by atoms with Crippen LogP contribution in [0.5, 0.6) is 0 Å². The molecule has 4 rings (SSSR count). The molecule has 0 radical (unpaired) electrons. The number of thiazole rings is 1. The van der Waals surface area contributed by atoms with E-state index in [0.29, 0.717) is 25.5 Å². The van der Waals surface area contributed by atoms with Crippen LogP contribution in [0.1, 0.15) is 28.3 Å². The van der Waals surface area contributed by atoms with E-state index in [1.54, 1.807) is 6.20 Å². The number of pyridine rings is 1. The predicted molar refractivity (Wildman–Crippen MR) is 97.3 cm³/mol. The van der Waals surface area contributed by atoms with E-state index in [4.69, 9.17) is 9.47 Å². The zero-order valence-electron chi connectivity index (χ0n) is 14.4. The number of aromatic nitrogens is 3. The molecule has 1 N–H and O–H groups in total. The van der Waals surface area contributed by atoms with E-state index in [0.717, 1.165) is 22.8 Å². The number of hydrogen-bond donors (Lipinski definition) is 1. The first-order chi connectivity index (χ1) is 12.7. The Labute approximate surface area is 155 Å². The minimum Gasteiger partial charge on any atom is -0.379 e. The van der Waals surface area contributed by atoms with Gasteiger partial charge in [0.1, 0.15) is 11.8 Å². The van der Waals surface area contributed by atoms with Crippen LogP contribution in [0.15, 0.2) is 36.0 Å². The predicted octanol–water partition coefficient (Wildman–Crippen LogP) is 2.20. The maximum atomic E-state index is 12.8. The van der Waals surface area contributed by atoms with Crippen LogP contribution in [0.4, 0.5) is 0 Å². The van der Waals surface area contributed by atoms with E-state index < -0.39 is 0 Å². The van der Waals surface area contributed by atoms with Gasteiger partial charge in [-0.25, -0.2) is 4.98 Å². The molecular weight excluding hydrogens is 352 g/mol. The SMILES string of the molecule is Cc1cn2c(C(=O)N[C@@H]3CCOC[C@H]3OCc3ccccn3)csc2n1. The van der Waals surface area contributed by atoms with Crippen molar-refractivity contribution in [2.45, 2.75) is 32.1 Å². The van der Waals surface area contributed by atoms with Crippen molar-refractivity contribution in [3.05, 3.63) is 53.1 Å². The molecule has 3 aromatic rings. The second kappa shape index (κ2) is 7.53. The van der Waals surface area contributed by atoms with Crippen LogP contribution in [0.3, 0.4) is 0 Å². The topological polar surface area (TPSA) is 77.8 Å². The normalized spacial score (nSPS) is 20.3. The Morgan fingerprint density at radius 1 is 1.50 bits per heavy atom. The highest BCUT2D eigenvalue weighted by Crippen LogP contribution is 2.18. The second-order valence-corrected chi connectivity index (χ2v) is 7.11. The van der Waals surface area contributed by atoms with Crippen molar-refractivity contribution in [1.82, 2.24) is 19.7 Å². The lowest BCUT2D eigenvalue weighted by Crippen LogP contribution is -2.50. The standard InChI is InChI=1S/C18H20N4O3S/c1-12-8-22-15(11-26-18(22)20-12)17(23)21-14-5-7-24-10-16(14)25-9-13-4-2-3-6-19-13/h2-4,6,8,11,14,16H,5,7,9-10H2,1H3,(H,21,23)/t14-,16-/m1/s1. The van der Waals surface area contributed by atoms with Crippen LogP contribution in [-0.4, -0.2) is 45.6 Å². The third kappa shape index (κ3) is 3.62. The summed E-state index contributed by atoms with van der Waals surface area (Å²) in [6.07, 6.45) is 4.13. The molecule has 4 heterocycles. The minimum absolute atomic E-state index is 0.0977. The summed E-state index contributed by atoms with van der Waals surface area (Å²) in [6.45, 7) is 3.38. The molecule has 0 spiro atoms. The molecule has 0 unspecified atom stereocenters. The Morgan fingerprint density at radius 3 is 3.27 bits per heavy atom. The molecule has 0 saturated carbocycles. The van der Waals surface area contributed by atoms with Gasteiger partial charge in [-0.05, 0) is 25.5 Å². The molecule has 1 aliphatic rings. The molecule has 1 aliphatic heterocycles. The third-order valence-corrected chi connectivity index (χ3v) is 5.19. The van der Waals surface area contributed by atoms with Crippen molar-refractivity contribution >= 4 is 22.2 Å². The van der Waals surface area contributed by atoms with Gasteiger partial charge in [-0.2, -0.15) is 0 Å². The summed E-state index contributed by atoms with van der Waals surface area (Å²) in [5.41, 5.74) is 2.35. The van der Waals surface area contributed by atoms with E-state index in [-0.39, 0.29) is 18.1 Å². The molecule has 136 valence electrons. The number of carbonyl (C=O) groups is 1. The lowest BCUT2D eigenvalue weighted by molar-refractivity contribution is -0.0743. The largest absolute Gasteiger partial charge is 0.379 e. The number of carbonyl (C=O) groups excluding carboxylic acids is 1. The summed E-state index contributed by atoms with van der Waals surface area (Å²) in [7, 11) is 0. The monoisotopic (exact) mass is 372 g/mol. The number of hydrogen-bond acceptors (Lipinski definition) is 6. The number of imidazole rings is 1. The van der Waals surface area contributed by atoms with E-state index in [2.05, 4.69) is 15.3 Å². The molecule has 3 aromatic heterocycles. The Bertz CT molecular complexity index is 892. The number of rotatable bonds is 5. The summed E-state index contributed by atoms with van der Waals surface area (Å²) in [5, 5.41) is 4.94. The highest BCUT2D eigenvalue weighted by molar-refractivity contribution is 7.15. The van der Waals surface area contributed by atoms with Gasteiger partial charge in [0, 0.05) is 24.4 Å². The molecule has 1 saturated heterocycles. The van der Waals surface area contributed by atoms with E-state index in [1.165, 1.54) is 11.3 Å². The first-order valence-electron chi connectivity index (χ1n) is 8.54. The fraction of sp³-hybridized carbons (Fsp3) is 0.389. The van der Waals surface area contributed by atoms with Crippen molar-refractivity contribution in [2.75, 3.05) is 13.2 Å². The van der Waals surface area contributed by atoms with Crippen molar-refractivity contribution in [2.24, 2.45) is 0 Å². The lowest BCUT2D eigenvalue weighted by atomic mass is 10.1. The van der Waals surface area contributed by atoms with Gasteiger partial charge in [0.05, 0.1) is 30.6 Å². The van der Waals surface area contributed by atoms with Gasteiger partial charge in [-0.1, -0.05) is 6.07 Å². The van der Waals surface area contributed by atoms with Crippen LogP contribution in [0.2, 0.25) is 0 Å². The first-order valence-corrected chi connectivity index (χ1v) is 9.42. The zero-order chi connectivity index (χ0) is 17.9. The quantitative estimate of drug-likeness (QED) is 0.743. The summed E-state index contributed by atoms with van der Waals surface area (Å²) < 4.78 is 13.3. The molecule has 1 fully saturated rings. The molecule has 8 heteroatoms. The highest BCUT2D eigenvalue weighted by Gasteiger charge is 2.29. The summed E-state index contributed by atoms with van der Waals surface area (Å²) in [6, 6.07) is 5.62. The van der Waals surface area contributed by atoms with E-state index in [1.807, 2.05) is 41.1 Å². The van der Waals surface area contributed by atoms with Crippen LogP contribution in [-0.2, 0) is 16.1 Å². The van der Waals surface area contributed by atoms with E-state index >= 15 is 0 Å².